The fraction of sp³-hybridized carbons (Fsp3) is 0.667. The molecule has 0 saturated carbocycles. The van der Waals surface area contributed by atoms with Gasteiger partial charge in [-0.3, -0.25) is 14.5 Å². The van der Waals surface area contributed by atoms with E-state index in [0.717, 1.165) is 0 Å². The summed E-state index contributed by atoms with van der Waals surface area (Å²) in [5, 5.41) is 8.91. The van der Waals surface area contributed by atoms with E-state index in [4.69, 9.17) is 5.11 Å². The molecule has 4 heteroatoms. The van der Waals surface area contributed by atoms with Crippen molar-refractivity contribution in [3.05, 3.63) is 11.1 Å². The zero-order valence-corrected chi connectivity index (χ0v) is 10.3. The predicted molar refractivity (Wildman–Crippen MR) is 60.6 cm³/mol. The molecule has 1 N–H and O–H groups in total. The maximum Gasteiger partial charge on any atom is 0.256 e. The minimum Gasteiger partial charge on any atom is -0.396 e. The number of aliphatic hydroxyl groups is 1. The average molecular weight is 225 g/mol. The predicted octanol–water partition coefficient (Wildman–Crippen LogP) is 1.10. The van der Waals surface area contributed by atoms with Gasteiger partial charge in [-0.25, -0.2) is 0 Å². The zero-order valence-electron chi connectivity index (χ0n) is 10.3. The molecular weight excluding hydrogens is 206 g/mol. The molecule has 1 aliphatic rings. The molecule has 90 valence electrons. The number of nitrogens with zero attached hydrogens (tertiary/aromatic N) is 1. The molecule has 0 aliphatic carbocycles. The molecule has 0 aromatic rings. The summed E-state index contributed by atoms with van der Waals surface area (Å²) in [6, 6.07) is 0. The molecule has 0 aromatic carbocycles. The van der Waals surface area contributed by atoms with Gasteiger partial charge in [-0.2, -0.15) is 0 Å². The maximum absolute atomic E-state index is 11.8. The van der Waals surface area contributed by atoms with E-state index in [1.165, 1.54) is 4.90 Å². The molecular formula is C12H19NO3. The quantitative estimate of drug-likeness (QED) is 0.729. The van der Waals surface area contributed by atoms with Gasteiger partial charge in [0.15, 0.2) is 0 Å². The van der Waals surface area contributed by atoms with Gasteiger partial charge in [0.05, 0.1) is 0 Å². The van der Waals surface area contributed by atoms with Crippen LogP contribution in [0.15, 0.2) is 11.1 Å². The van der Waals surface area contributed by atoms with Gasteiger partial charge in [0.2, 0.25) is 0 Å². The SMILES string of the molecule is CC1=C(C)C(=O)N(CC(C)(C)CCO)C1=O. The second kappa shape index (κ2) is 4.37. The van der Waals surface area contributed by atoms with Crippen molar-refractivity contribution >= 4 is 11.8 Å². The van der Waals surface area contributed by atoms with Crippen LogP contribution < -0.4 is 0 Å². The molecule has 0 bridgehead atoms. The van der Waals surface area contributed by atoms with E-state index in [1.807, 2.05) is 13.8 Å². The van der Waals surface area contributed by atoms with Crippen molar-refractivity contribution in [2.45, 2.75) is 34.1 Å². The number of carbonyl (C=O) groups is 2. The summed E-state index contributed by atoms with van der Waals surface area (Å²) < 4.78 is 0. The Labute approximate surface area is 95.9 Å². The number of amides is 2. The first-order valence-electron chi connectivity index (χ1n) is 5.45. The first-order valence-corrected chi connectivity index (χ1v) is 5.45. The van der Waals surface area contributed by atoms with Gasteiger partial charge in [-0.05, 0) is 25.7 Å². The summed E-state index contributed by atoms with van der Waals surface area (Å²) in [7, 11) is 0. The van der Waals surface area contributed by atoms with Crippen molar-refractivity contribution in [2.24, 2.45) is 5.41 Å². The minimum atomic E-state index is -0.245. The van der Waals surface area contributed by atoms with Gasteiger partial charge in [0.1, 0.15) is 0 Å². The molecule has 0 unspecified atom stereocenters. The molecule has 0 fully saturated rings. The summed E-state index contributed by atoms with van der Waals surface area (Å²) in [6.07, 6.45) is 0.572. The molecule has 0 aromatic heterocycles. The summed E-state index contributed by atoms with van der Waals surface area (Å²) in [6.45, 7) is 7.65. The highest BCUT2D eigenvalue weighted by Gasteiger charge is 2.36. The third-order valence-corrected chi connectivity index (χ3v) is 3.07. The van der Waals surface area contributed by atoms with Gasteiger partial charge in [0, 0.05) is 24.3 Å². The van der Waals surface area contributed by atoms with E-state index in [0.29, 0.717) is 24.1 Å². The lowest BCUT2D eigenvalue weighted by Crippen LogP contribution is -2.39. The Hall–Kier alpha value is -1.16. The molecule has 0 radical (unpaired) electrons. The Morgan fingerprint density at radius 1 is 1.12 bits per heavy atom. The van der Waals surface area contributed by atoms with Crippen LogP contribution in [0, 0.1) is 5.41 Å². The monoisotopic (exact) mass is 225 g/mol. The highest BCUT2D eigenvalue weighted by molar-refractivity contribution is 6.18. The number of rotatable bonds is 4. The normalized spacial score (nSPS) is 17.7. The maximum atomic E-state index is 11.8. The van der Waals surface area contributed by atoms with Gasteiger partial charge in [0.25, 0.3) is 11.8 Å². The van der Waals surface area contributed by atoms with Crippen LogP contribution in [0.5, 0.6) is 0 Å². The Morgan fingerprint density at radius 2 is 1.56 bits per heavy atom. The standard InChI is InChI=1S/C12H19NO3/c1-8-9(2)11(16)13(10(8)15)7-12(3,4)5-6-14/h14H,5-7H2,1-4H3. The van der Waals surface area contributed by atoms with Crippen LogP contribution in [0.1, 0.15) is 34.1 Å². The Balaban J connectivity index is 2.79. The molecule has 0 atom stereocenters. The lowest BCUT2D eigenvalue weighted by molar-refractivity contribution is -0.139. The Morgan fingerprint density at radius 3 is 1.94 bits per heavy atom. The smallest absolute Gasteiger partial charge is 0.256 e. The van der Waals surface area contributed by atoms with Crippen molar-refractivity contribution in [3.63, 3.8) is 0 Å². The number of aliphatic hydroxyl groups excluding tert-OH is 1. The summed E-state index contributed by atoms with van der Waals surface area (Å²) in [5.74, 6) is -0.401. The molecule has 0 saturated heterocycles. The molecule has 1 heterocycles. The zero-order chi connectivity index (χ0) is 12.5. The van der Waals surface area contributed by atoms with Crippen LogP contribution in [0.4, 0.5) is 0 Å². The average Bonchev–Trinajstić information content (AvgIpc) is 2.35. The van der Waals surface area contributed by atoms with Gasteiger partial charge in [-0.15, -0.1) is 0 Å². The molecule has 1 rings (SSSR count). The first-order chi connectivity index (χ1) is 7.30. The minimum absolute atomic E-state index is 0.0641. The summed E-state index contributed by atoms with van der Waals surface area (Å²) in [4.78, 5) is 24.9. The molecule has 1 aliphatic heterocycles. The third-order valence-electron chi connectivity index (χ3n) is 3.07. The highest BCUT2D eigenvalue weighted by atomic mass is 16.3. The van der Waals surface area contributed by atoms with Crippen molar-refractivity contribution < 1.29 is 14.7 Å². The molecule has 0 spiro atoms. The van der Waals surface area contributed by atoms with Crippen LogP contribution >= 0.6 is 0 Å². The van der Waals surface area contributed by atoms with E-state index >= 15 is 0 Å². The lowest BCUT2D eigenvalue weighted by Gasteiger charge is -2.28. The lowest BCUT2D eigenvalue weighted by atomic mass is 9.89. The summed E-state index contributed by atoms with van der Waals surface area (Å²) >= 11 is 0. The topological polar surface area (TPSA) is 57.6 Å². The molecule has 16 heavy (non-hydrogen) atoms. The van der Waals surface area contributed by atoms with Crippen LogP contribution in [0.3, 0.4) is 0 Å². The molecule has 4 nitrogen and oxygen atoms in total. The van der Waals surface area contributed by atoms with Crippen LogP contribution in [-0.2, 0) is 9.59 Å². The molecule has 2 amide bonds. The van der Waals surface area contributed by atoms with Crippen molar-refractivity contribution in [3.8, 4) is 0 Å². The van der Waals surface area contributed by atoms with Crippen molar-refractivity contribution in [1.82, 2.24) is 4.90 Å². The number of carbonyl (C=O) groups excluding carboxylic acids is 2. The van der Waals surface area contributed by atoms with E-state index < -0.39 is 0 Å². The largest absolute Gasteiger partial charge is 0.396 e. The second-order valence-corrected chi connectivity index (χ2v) is 5.08. The highest BCUT2D eigenvalue weighted by Crippen LogP contribution is 2.27. The van der Waals surface area contributed by atoms with E-state index in [2.05, 4.69) is 0 Å². The van der Waals surface area contributed by atoms with Gasteiger partial charge < -0.3 is 5.11 Å². The van der Waals surface area contributed by atoms with Crippen molar-refractivity contribution in [1.29, 1.82) is 0 Å². The first kappa shape index (κ1) is 12.9. The second-order valence-electron chi connectivity index (χ2n) is 5.08. The van der Waals surface area contributed by atoms with Crippen LogP contribution in [0.25, 0.3) is 0 Å². The van der Waals surface area contributed by atoms with Gasteiger partial charge in [-0.1, -0.05) is 13.8 Å². The number of hydrogen-bond donors (Lipinski definition) is 1. The summed E-state index contributed by atoms with van der Waals surface area (Å²) in [5.41, 5.74) is 0.819. The third kappa shape index (κ3) is 2.32. The van der Waals surface area contributed by atoms with E-state index in [1.54, 1.807) is 13.8 Å². The van der Waals surface area contributed by atoms with Crippen LogP contribution in [0.2, 0.25) is 0 Å². The fourth-order valence-electron chi connectivity index (χ4n) is 1.77. The van der Waals surface area contributed by atoms with Crippen molar-refractivity contribution in [2.75, 3.05) is 13.2 Å². The Kier molecular flexibility index (Phi) is 3.53. The van der Waals surface area contributed by atoms with Crippen LogP contribution in [-0.4, -0.2) is 35.0 Å². The fourth-order valence-corrected chi connectivity index (χ4v) is 1.77. The van der Waals surface area contributed by atoms with E-state index in [-0.39, 0.29) is 23.8 Å². The van der Waals surface area contributed by atoms with Gasteiger partial charge >= 0.3 is 0 Å². The number of hydrogen-bond acceptors (Lipinski definition) is 3. The number of imide groups is 1. The van der Waals surface area contributed by atoms with E-state index in [9.17, 15) is 9.59 Å². The Bertz CT molecular complexity index is 331.